The fraction of sp³-hybridized carbons (Fsp3) is 0.294. The molecule has 0 aromatic heterocycles. The smallest absolute Gasteiger partial charge is 0.00872 e. The number of aryl methyl sites for hydroxylation is 1. The molecule has 0 bridgehead atoms. The number of hydrogen-bond donors (Lipinski definition) is 1. The summed E-state index contributed by atoms with van der Waals surface area (Å²) in [5.74, 6) is 1.08. The van der Waals surface area contributed by atoms with Gasteiger partial charge in [0.25, 0.3) is 0 Å². The lowest BCUT2D eigenvalue weighted by atomic mass is 10.0. The lowest BCUT2D eigenvalue weighted by molar-refractivity contribution is 0.651. The number of nitrogens with two attached hydrogens (primary N) is 1. The van der Waals surface area contributed by atoms with E-state index in [0.717, 1.165) is 18.6 Å². The van der Waals surface area contributed by atoms with Crippen molar-refractivity contribution in [2.24, 2.45) is 5.73 Å². The summed E-state index contributed by atoms with van der Waals surface area (Å²) < 4.78 is 0. The predicted octanol–water partition coefficient (Wildman–Crippen LogP) is 4.05. The summed E-state index contributed by atoms with van der Waals surface area (Å²) >= 11 is 1.88. The Labute approximate surface area is 120 Å². The van der Waals surface area contributed by atoms with Crippen molar-refractivity contribution >= 4 is 11.8 Å². The van der Waals surface area contributed by atoms with Gasteiger partial charge in [-0.05, 0) is 43.2 Å². The van der Waals surface area contributed by atoms with E-state index in [1.807, 2.05) is 17.8 Å². The van der Waals surface area contributed by atoms with E-state index < -0.39 is 0 Å². The van der Waals surface area contributed by atoms with Crippen LogP contribution in [0.3, 0.4) is 0 Å². The van der Waals surface area contributed by atoms with Gasteiger partial charge in [-0.1, -0.05) is 48.0 Å². The molecule has 1 unspecified atom stereocenters. The van der Waals surface area contributed by atoms with Crippen molar-refractivity contribution in [2.75, 3.05) is 5.75 Å². The lowest BCUT2D eigenvalue weighted by Gasteiger charge is -2.11. The van der Waals surface area contributed by atoms with E-state index in [2.05, 4.69) is 55.5 Å². The summed E-state index contributed by atoms with van der Waals surface area (Å²) in [4.78, 5) is 1.32. The summed E-state index contributed by atoms with van der Waals surface area (Å²) in [5, 5.41) is 0. The van der Waals surface area contributed by atoms with Crippen molar-refractivity contribution in [3.63, 3.8) is 0 Å². The maximum atomic E-state index is 6.19. The van der Waals surface area contributed by atoms with Crippen molar-refractivity contribution < 1.29 is 0 Å². The van der Waals surface area contributed by atoms with E-state index in [1.54, 1.807) is 0 Å². The SMILES string of the molecule is Cc1ccc(CC(N)CCSc2ccccc2)cc1. The second kappa shape index (κ2) is 7.37. The fourth-order valence-corrected chi connectivity index (χ4v) is 2.98. The zero-order valence-corrected chi connectivity index (χ0v) is 12.2. The molecule has 2 heteroatoms. The van der Waals surface area contributed by atoms with Crippen LogP contribution in [0.2, 0.25) is 0 Å². The molecule has 2 rings (SSSR count). The van der Waals surface area contributed by atoms with Crippen molar-refractivity contribution in [1.82, 2.24) is 0 Å². The average molecular weight is 271 g/mol. The van der Waals surface area contributed by atoms with Crippen LogP contribution in [-0.2, 0) is 6.42 Å². The molecule has 2 aromatic rings. The number of thioether (sulfide) groups is 1. The van der Waals surface area contributed by atoms with Gasteiger partial charge >= 0.3 is 0 Å². The van der Waals surface area contributed by atoms with E-state index in [-0.39, 0.29) is 6.04 Å². The van der Waals surface area contributed by atoms with Gasteiger partial charge in [0.1, 0.15) is 0 Å². The second-order valence-electron chi connectivity index (χ2n) is 4.90. The number of benzene rings is 2. The van der Waals surface area contributed by atoms with E-state index in [0.29, 0.717) is 0 Å². The van der Waals surface area contributed by atoms with Crippen LogP contribution in [-0.4, -0.2) is 11.8 Å². The van der Waals surface area contributed by atoms with Crippen molar-refractivity contribution in [1.29, 1.82) is 0 Å². The monoisotopic (exact) mass is 271 g/mol. The van der Waals surface area contributed by atoms with Gasteiger partial charge in [0.15, 0.2) is 0 Å². The minimum Gasteiger partial charge on any atom is -0.327 e. The highest BCUT2D eigenvalue weighted by atomic mass is 32.2. The third-order valence-electron chi connectivity index (χ3n) is 3.12. The molecule has 0 amide bonds. The molecule has 0 aliphatic rings. The van der Waals surface area contributed by atoms with Gasteiger partial charge in [-0.3, -0.25) is 0 Å². The first-order valence-electron chi connectivity index (χ1n) is 6.73. The van der Waals surface area contributed by atoms with Crippen LogP contribution in [0.15, 0.2) is 59.5 Å². The molecule has 2 N–H and O–H groups in total. The third kappa shape index (κ3) is 5.09. The molecule has 0 heterocycles. The molecule has 0 aliphatic heterocycles. The minimum atomic E-state index is 0.249. The standard InChI is InChI=1S/C17H21NS/c1-14-7-9-15(10-8-14)13-16(18)11-12-19-17-5-3-2-4-6-17/h2-10,16H,11-13,18H2,1H3. The highest BCUT2D eigenvalue weighted by Crippen LogP contribution is 2.18. The van der Waals surface area contributed by atoms with Gasteiger partial charge in [-0.25, -0.2) is 0 Å². The topological polar surface area (TPSA) is 26.0 Å². The minimum absolute atomic E-state index is 0.249. The number of rotatable bonds is 6. The van der Waals surface area contributed by atoms with Gasteiger partial charge in [-0.2, -0.15) is 0 Å². The summed E-state index contributed by atoms with van der Waals surface area (Å²) in [6.07, 6.45) is 2.02. The summed E-state index contributed by atoms with van der Waals surface area (Å²) in [7, 11) is 0. The lowest BCUT2D eigenvalue weighted by Crippen LogP contribution is -2.23. The Morgan fingerprint density at radius 1 is 1.00 bits per heavy atom. The molecule has 1 atom stereocenters. The molecule has 0 aliphatic carbocycles. The van der Waals surface area contributed by atoms with Crippen LogP contribution in [0.25, 0.3) is 0 Å². The van der Waals surface area contributed by atoms with E-state index >= 15 is 0 Å². The van der Waals surface area contributed by atoms with Crippen LogP contribution >= 0.6 is 11.8 Å². The first-order valence-corrected chi connectivity index (χ1v) is 7.71. The van der Waals surface area contributed by atoms with E-state index in [9.17, 15) is 0 Å². The van der Waals surface area contributed by atoms with E-state index in [4.69, 9.17) is 5.73 Å². The molecule has 19 heavy (non-hydrogen) atoms. The second-order valence-corrected chi connectivity index (χ2v) is 6.07. The molecule has 0 radical (unpaired) electrons. The van der Waals surface area contributed by atoms with Crippen molar-refractivity contribution in [3.05, 3.63) is 65.7 Å². The Morgan fingerprint density at radius 2 is 1.68 bits per heavy atom. The summed E-state index contributed by atoms with van der Waals surface area (Å²) in [5.41, 5.74) is 8.83. The molecule has 0 spiro atoms. The first kappa shape index (κ1) is 14.2. The van der Waals surface area contributed by atoms with Crippen LogP contribution in [0.1, 0.15) is 17.5 Å². The van der Waals surface area contributed by atoms with Crippen LogP contribution in [0.4, 0.5) is 0 Å². The summed E-state index contributed by atoms with van der Waals surface area (Å²) in [6, 6.07) is 19.4. The van der Waals surface area contributed by atoms with Gasteiger partial charge in [-0.15, -0.1) is 11.8 Å². The predicted molar refractivity (Wildman–Crippen MR) is 84.6 cm³/mol. The van der Waals surface area contributed by atoms with Gasteiger partial charge in [0.05, 0.1) is 0 Å². The van der Waals surface area contributed by atoms with Crippen LogP contribution in [0.5, 0.6) is 0 Å². The van der Waals surface area contributed by atoms with Crippen molar-refractivity contribution in [2.45, 2.75) is 30.7 Å². The maximum absolute atomic E-state index is 6.19. The number of hydrogen-bond acceptors (Lipinski definition) is 2. The maximum Gasteiger partial charge on any atom is 0.00872 e. The molecule has 0 fully saturated rings. The first-order chi connectivity index (χ1) is 9.24. The van der Waals surface area contributed by atoms with Crippen LogP contribution in [0, 0.1) is 6.92 Å². The molecule has 2 aromatic carbocycles. The summed E-state index contributed by atoms with van der Waals surface area (Å²) in [6.45, 7) is 2.11. The normalized spacial score (nSPS) is 12.3. The van der Waals surface area contributed by atoms with Gasteiger partial charge < -0.3 is 5.73 Å². The Hall–Kier alpha value is -1.25. The molecule has 0 saturated heterocycles. The Balaban J connectivity index is 1.73. The zero-order valence-electron chi connectivity index (χ0n) is 11.4. The largest absolute Gasteiger partial charge is 0.327 e. The van der Waals surface area contributed by atoms with Crippen molar-refractivity contribution in [3.8, 4) is 0 Å². The van der Waals surface area contributed by atoms with Gasteiger partial charge in [0, 0.05) is 10.9 Å². The van der Waals surface area contributed by atoms with Gasteiger partial charge in [0.2, 0.25) is 0 Å². The van der Waals surface area contributed by atoms with E-state index in [1.165, 1.54) is 16.0 Å². The molecule has 0 saturated carbocycles. The van der Waals surface area contributed by atoms with Crippen LogP contribution < -0.4 is 5.73 Å². The Bertz CT molecular complexity index is 478. The highest BCUT2D eigenvalue weighted by Gasteiger charge is 2.04. The average Bonchev–Trinajstić information content (AvgIpc) is 2.43. The molecule has 100 valence electrons. The Kier molecular flexibility index (Phi) is 5.49. The highest BCUT2D eigenvalue weighted by molar-refractivity contribution is 7.99. The quantitative estimate of drug-likeness (QED) is 0.802. The fourth-order valence-electron chi connectivity index (χ4n) is 1.97. The Morgan fingerprint density at radius 3 is 2.37 bits per heavy atom. The zero-order chi connectivity index (χ0) is 13.5. The third-order valence-corrected chi connectivity index (χ3v) is 4.16. The molecular formula is C17H21NS. The molecule has 1 nitrogen and oxygen atoms in total. The molecular weight excluding hydrogens is 250 g/mol.